The van der Waals surface area contributed by atoms with Gasteiger partial charge in [-0.1, -0.05) is 0 Å². The lowest BCUT2D eigenvalue weighted by atomic mass is 9.83. The number of hydrogen-bond donors (Lipinski definition) is 0. The minimum Gasteiger partial charge on any atom is -0.466 e. The second kappa shape index (κ2) is 5.37. The van der Waals surface area contributed by atoms with Crippen LogP contribution >= 0.6 is 0 Å². The average Bonchev–Trinajstić information content (AvgIpc) is 2.48. The van der Waals surface area contributed by atoms with E-state index in [4.69, 9.17) is 14.2 Å². The molecule has 6 nitrogen and oxygen atoms in total. The van der Waals surface area contributed by atoms with Crippen LogP contribution in [-0.2, 0) is 28.6 Å². The van der Waals surface area contributed by atoms with Crippen LogP contribution in [0.4, 0.5) is 0 Å². The lowest BCUT2D eigenvalue weighted by molar-refractivity contribution is -0.162. The van der Waals surface area contributed by atoms with E-state index in [1.165, 1.54) is 0 Å². The second-order valence-electron chi connectivity index (χ2n) is 4.48. The first-order valence-corrected chi connectivity index (χ1v) is 5.91. The van der Waals surface area contributed by atoms with Gasteiger partial charge in [-0.2, -0.15) is 0 Å². The van der Waals surface area contributed by atoms with Crippen LogP contribution in [0.1, 0.15) is 27.7 Å². The molecule has 102 valence electrons. The molecule has 1 rings (SSSR count). The summed E-state index contributed by atoms with van der Waals surface area (Å²) in [6.45, 7) is 6.75. The van der Waals surface area contributed by atoms with Gasteiger partial charge in [0, 0.05) is 0 Å². The third kappa shape index (κ3) is 2.63. The van der Waals surface area contributed by atoms with E-state index < -0.39 is 35.3 Å². The highest BCUT2D eigenvalue weighted by atomic mass is 16.6. The molecule has 0 amide bonds. The van der Waals surface area contributed by atoms with Crippen LogP contribution in [0.3, 0.4) is 0 Å². The first kappa shape index (κ1) is 14.5. The molecule has 0 unspecified atom stereocenters. The minimum atomic E-state index is -1.24. The van der Waals surface area contributed by atoms with E-state index in [9.17, 15) is 14.4 Å². The summed E-state index contributed by atoms with van der Waals surface area (Å²) in [5.41, 5.74) is -1.07. The van der Waals surface area contributed by atoms with Gasteiger partial charge in [-0.3, -0.25) is 14.4 Å². The maximum Gasteiger partial charge on any atom is 0.321 e. The molecule has 0 radical (unpaired) electrons. The molecule has 0 aromatic rings. The summed E-state index contributed by atoms with van der Waals surface area (Å²) in [5, 5.41) is 0. The van der Waals surface area contributed by atoms with Crippen molar-refractivity contribution < 1.29 is 28.6 Å². The summed E-state index contributed by atoms with van der Waals surface area (Å²) in [6, 6.07) is 0. The quantitative estimate of drug-likeness (QED) is 0.419. The molecule has 0 aliphatic carbocycles. The predicted molar refractivity (Wildman–Crippen MR) is 60.4 cm³/mol. The smallest absolute Gasteiger partial charge is 0.321 e. The molecule has 0 saturated carbocycles. The molecule has 1 aliphatic rings. The van der Waals surface area contributed by atoms with Crippen molar-refractivity contribution in [2.75, 3.05) is 13.2 Å². The molecular formula is C12H18O6. The summed E-state index contributed by atoms with van der Waals surface area (Å²) < 4.78 is 14.8. The Labute approximate surface area is 106 Å². The summed E-state index contributed by atoms with van der Waals surface area (Å²) in [4.78, 5) is 35.3. The SMILES string of the molecule is CCOC(=O)[C@H]1C(=O)OC(C)(C)[C@H]1C(=O)OCC. The van der Waals surface area contributed by atoms with E-state index in [1.54, 1.807) is 27.7 Å². The van der Waals surface area contributed by atoms with Crippen molar-refractivity contribution in [2.24, 2.45) is 11.8 Å². The first-order valence-electron chi connectivity index (χ1n) is 5.91. The Morgan fingerprint density at radius 1 is 1.17 bits per heavy atom. The molecule has 1 saturated heterocycles. The van der Waals surface area contributed by atoms with Gasteiger partial charge in [0.1, 0.15) is 11.5 Å². The number of carbonyl (C=O) groups excluding carboxylic acids is 3. The molecule has 0 bridgehead atoms. The molecular weight excluding hydrogens is 240 g/mol. The lowest BCUT2D eigenvalue weighted by Gasteiger charge is -2.24. The van der Waals surface area contributed by atoms with Crippen molar-refractivity contribution in [3.05, 3.63) is 0 Å². The molecule has 6 heteroatoms. The van der Waals surface area contributed by atoms with Gasteiger partial charge < -0.3 is 14.2 Å². The van der Waals surface area contributed by atoms with Crippen LogP contribution in [0.2, 0.25) is 0 Å². The normalized spacial score (nSPS) is 25.4. The van der Waals surface area contributed by atoms with Crippen LogP contribution < -0.4 is 0 Å². The fraction of sp³-hybridized carbons (Fsp3) is 0.750. The van der Waals surface area contributed by atoms with E-state index >= 15 is 0 Å². The van der Waals surface area contributed by atoms with Crippen LogP contribution in [0, 0.1) is 11.8 Å². The Morgan fingerprint density at radius 2 is 1.67 bits per heavy atom. The molecule has 1 heterocycles. The second-order valence-corrected chi connectivity index (χ2v) is 4.48. The number of carbonyl (C=O) groups is 3. The van der Waals surface area contributed by atoms with Gasteiger partial charge in [-0.15, -0.1) is 0 Å². The Bertz CT molecular complexity index is 360. The topological polar surface area (TPSA) is 78.9 Å². The predicted octanol–water partition coefficient (Wildman–Crippen LogP) is 0.680. The van der Waals surface area contributed by atoms with E-state index in [0.717, 1.165) is 0 Å². The third-order valence-corrected chi connectivity index (χ3v) is 2.78. The standard InChI is InChI=1S/C12H18O6/c1-5-16-9(13)7-8(11(15)17-6-2)12(3,4)18-10(7)14/h7-8H,5-6H2,1-4H3/t7-,8+/m0/s1. The highest BCUT2D eigenvalue weighted by Crippen LogP contribution is 2.38. The van der Waals surface area contributed by atoms with Crippen molar-refractivity contribution in [3.63, 3.8) is 0 Å². The van der Waals surface area contributed by atoms with E-state index in [2.05, 4.69) is 0 Å². The zero-order valence-corrected chi connectivity index (χ0v) is 11.0. The zero-order chi connectivity index (χ0) is 13.9. The molecule has 1 fully saturated rings. The number of ether oxygens (including phenoxy) is 3. The van der Waals surface area contributed by atoms with Crippen molar-refractivity contribution in [1.82, 2.24) is 0 Å². The summed E-state index contributed by atoms with van der Waals surface area (Å²) >= 11 is 0. The Balaban J connectivity index is 3.01. The largest absolute Gasteiger partial charge is 0.466 e. The van der Waals surface area contributed by atoms with Gasteiger partial charge in [0.15, 0.2) is 5.92 Å². The summed E-state index contributed by atoms with van der Waals surface area (Å²) in [5.74, 6) is -4.31. The van der Waals surface area contributed by atoms with Crippen molar-refractivity contribution in [2.45, 2.75) is 33.3 Å². The van der Waals surface area contributed by atoms with Crippen LogP contribution in [0.15, 0.2) is 0 Å². The number of rotatable bonds is 4. The van der Waals surface area contributed by atoms with E-state index in [1.807, 2.05) is 0 Å². The number of cyclic esters (lactones) is 1. The Kier molecular flexibility index (Phi) is 4.32. The van der Waals surface area contributed by atoms with Gasteiger partial charge in [-0.25, -0.2) is 0 Å². The maximum atomic E-state index is 11.9. The van der Waals surface area contributed by atoms with Crippen molar-refractivity contribution in [3.8, 4) is 0 Å². The van der Waals surface area contributed by atoms with Gasteiger partial charge in [0.25, 0.3) is 0 Å². The van der Waals surface area contributed by atoms with E-state index in [-0.39, 0.29) is 13.2 Å². The minimum absolute atomic E-state index is 0.137. The lowest BCUT2D eigenvalue weighted by Crippen LogP contribution is -2.40. The van der Waals surface area contributed by atoms with Gasteiger partial charge >= 0.3 is 17.9 Å². The zero-order valence-electron chi connectivity index (χ0n) is 11.0. The van der Waals surface area contributed by atoms with Crippen molar-refractivity contribution >= 4 is 17.9 Å². The van der Waals surface area contributed by atoms with Crippen molar-refractivity contribution in [1.29, 1.82) is 0 Å². The molecule has 0 spiro atoms. The van der Waals surface area contributed by atoms with Gasteiger partial charge in [-0.05, 0) is 27.7 Å². The number of hydrogen-bond acceptors (Lipinski definition) is 6. The Hall–Kier alpha value is -1.59. The fourth-order valence-corrected chi connectivity index (χ4v) is 2.04. The monoisotopic (exact) mass is 258 g/mol. The van der Waals surface area contributed by atoms with Crippen LogP contribution in [0.25, 0.3) is 0 Å². The number of esters is 3. The van der Waals surface area contributed by atoms with E-state index in [0.29, 0.717) is 0 Å². The third-order valence-electron chi connectivity index (χ3n) is 2.78. The first-order chi connectivity index (χ1) is 8.35. The molecule has 1 aliphatic heterocycles. The summed E-state index contributed by atoms with van der Waals surface area (Å²) in [7, 11) is 0. The van der Waals surface area contributed by atoms with Crippen LogP contribution in [0.5, 0.6) is 0 Å². The maximum absolute atomic E-state index is 11.9. The highest BCUT2D eigenvalue weighted by molar-refractivity contribution is 6.01. The van der Waals surface area contributed by atoms with Crippen LogP contribution in [-0.4, -0.2) is 36.7 Å². The molecule has 0 aromatic carbocycles. The van der Waals surface area contributed by atoms with Gasteiger partial charge in [0.05, 0.1) is 13.2 Å². The molecule has 18 heavy (non-hydrogen) atoms. The van der Waals surface area contributed by atoms with Gasteiger partial charge in [0.2, 0.25) is 0 Å². The average molecular weight is 258 g/mol. The fourth-order valence-electron chi connectivity index (χ4n) is 2.04. The summed E-state index contributed by atoms with van der Waals surface area (Å²) in [6.07, 6.45) is 0. The molecule has 0 N–H and O–H groups in total. The highest BCUT2D eigenvalue weighted by Gasteiger charge is 2.58. The molecule has 0 aromatic heterocycles. The Morgan fingerprint density at radius 3 is 2.17 bits per heavy atom. The molecule has 2 atom stereocenters.